The van der Waals surface area contributed by atoms with Gasteiger partial charge in [0, 0.05) is 25.0 Å². The van der Waals surface area contributed by atoms with E-state index >= 15 is 0 Å². The third-order valence-electron chi connectivity index (χ3n) is 5.88. The second kappa shape index (κ2) is 7.36. The molecule has 0 aromatic carbocycles. The van der Waals surface area contributed by atoms with Crippen LogP contribution in [-0.2, 0) is 0 Å². The molecule has 8 nitrogen and oxygen atoms in total. The number of halogens is 1. The van der Waals surface area contributed by atoms with Crippen molar-refractivity contribution in [1.29, 1.82) is 0 Å². The van der Waals surface area contributed by atoms with Gasteiger partial charge in [-0.05, 0) is 55.9 Å². The number of hydrogen-bond acceptors (Lipinski definition) is 6. The SMILES string of the molecule is Cc1cnc(NC2CC3CC2N(C(=O)c2cc(C)cnc2-n2nccn2)C3)c(Cl)c1. The van der Waals surface area contributed by atoms with Crippen molar-refractivity contribution in [3.63, 3.8) is 0 Å². The molecular formula is C21H22ClN7O. The summed E-state index contributed by atoms with van der Waals surface area (Å²) in [7, 11) is 0. The first-order valence-corrected chi connectivity index (χ1v) is 10.4. The van der Waals surface area contributed by atoms with Gasteiger partial charge in [-0.3, -0.25) is 4.79 Å². The fourth-order valence-electron chi connectivity index (χ4n) is 4.59. The Hall–Kier alpha value is -3.00. The monoisotopic (exact) mass is 423 g/mol. The zero-order valence-electron chi connectivity index (χ0n) is 16.8. The summed E-state index contributed by atoms with van der Waals surface area (Å²) >= 11 is 6.37. The number of nitrogens with zero attached hydrogens (tertiary/aromatic N) is 6. The quantitative estimate of drug-likeness (QED) is 0.693. The van der Waals surface area contributed by atoms with Gasteiger partial charge in [0.05, 0.1) is 29.0 Å². The standard InChI is InChI=1S/C21H22ClN7O/c1-12-5-15(20(24-10-12)29-25-3-4-26-29)21(30)28-11-14-7-17(18(28)8-14)27-19-16(22)6-13(2)9-23-19/h3-6,9-10,14,17-18H,7-8,11H2,1-2H3,(H,23,27). The van der Waals surface area contributed by atoms with Gasteiger partial charge in [-0.15, -0.1) is 4.80 Å². The third kappa shape index (κ3) is 3.31. The van der Waals surface area contributed by atoms with Crippen LogP contribution in [0.2, 0.25) is 5.02 Å². The normalized spacial score (nSPS) is 22.5. The fourth-order valence-corrected chi connectivity index (χ4v) is 4.86. The highest BCUT2D eigenvalue weighted by Crippen LogP contribution is 2.40. The number of aryl methyl sites for hydroxylation is 2. The molecule has 9 heteroatoms. The van der Waals surface area contributed by atoms with Gasteiger partial charge in [0.1, 0.15) is 5.82 Å². The van der Waals surface area contributed by atoms with Crippen molar-refractivity contribution in [3.05, 3.63) is 58.6 Å². The highest BCUT2D eigenvalue weighted by molar-refractivity contribution is 6.32. The van der Waals surface area contributed by atoms with Crippen molar-refractivity contribution in [2.75, 3.05) is 11.9 Å². The number of pyridine rings is 2. The Bertz CT molecular complexity index is 1100. The highest BCUT2D eigenvalue weighted by atomic mass is 35.5. The van der Waals surface area contributed by atoms with Crippen LogP contribution in [0.3, 0.4) is 0 Å². The van der Waals surface area contributed by atoms with Crippen LogP contribution in [0.15, 0.2) is 36.9 Å². The van der Waals surface area contributed by atoms with Gasteiger partial charge in [0.2, 0.25) is 0 Å². The minimum atomic E-state index is -0.0412. The molecule has 4 heterocycles. The van der Waals surface area contributed by atoms with Gasteiger partial charge in [0.15, 0.2) is 5.82 Å². The van der Waals surface area contributed by atoms with E-state index in [1.54, 1.807) is 24.8 Å². The number of carbonyl (C=O) groups excluding carboxylic acids is 1. The summed E-state index contributed by atoms with van der Waals surface area (Å²) in [6.45, 7) is 4.63. The van der Waals surface area contributed by atoms with E-state index in [0.717, 1.165) is 30.5 Å². The molecule has 3 atom stereocenters. The molecular weight excluding hydrogens is 402 g/mol. The summed E-state index contributed by atoms with van der Waals surface area (Å²) in [6.07, 6.45) is 8.65. The van der Waals surface area contributed by atoms with Crippen molar-refractivity contribution in [2.24, 2.45) is 5.92 Å². The molecule has 1 saturated carbocycles. The molecule has 30 heavy (non-hydrogen) atoms. The van der Waals surface area contributed by atoms with E-state index in [9.17, 15) is 4.79 Å². The number of carbonyl (C=O) groups is 1. The molecule has 3 aromatic rings. The highest BCUT2D eigenvalue weighted by Gasteiger charge is 2.47. The van der Waals surface area contributed by atoms with E-state index in [1.807, 2.05) is 30.9 Å². The first-order valence-electron chi connectivity index (χ1n) is 10.0. The van der Waals surface area contributed by atoms with Gasteiger partial charge in [0.25, 0.3) is 5.91 Å². The van der Waals surface area contributed by atoms with Crippen LogP contribution >= 0.6 is 11.6 Å². The van der Waals surface area contributed by atoms with Crippen LogP contribution in [0.1, 0.15) is 34.3 Å². The lowest BCUT2D eigenvalue weighted by atomic mass is 10.0. The average molecular weight is 424 g/mol. The number of amides is 1. The van der Waals surface area contributed by atoms with E-state index in [1.165, 1.54) is 4.80 Å². The fraction of sp³-hybridized carbons (Fsp3) is 0.381. The van der Waals surface area contributed by atoms with Crippen LogP contribution in [0.4, 0.5) is 5.82 Å². The predicted molar refractivity (Wildman–Crippen MR) is 113 cm³/mol. The Labute approximate surface area is 179 Å². The third-order valence-corrected chi connectivity index (χ3v) is 6.17. The summed E-state index contributed by atoms with van der Waals surface area (Å²) < 4.78 is 0. The van der Waals surface area contributed by atoms with Crippen molar-refractivity contribution < 1.29 is 4.79 Å². The Morgan fingerprint density at radius 2 is 1.83 bits per heavy atom. The Morgan fingerprint density at radius 3 is 2.57 bits per heavy atom. The van der Waals surface area contributed by atoms with Gasteiger partial charge in [-0.2, -0.15) is 10.2 Å². The Balaban J connectivity index is 1.42. The topological polar surface area (TPSA) is 88.8 Å². The molecule has 3 unspecified atom stereocenters. The molecule has 2 bridgehead atoms. The number of piperidine rings is 1. The zero-order valence-corrected chi connectivity index (χ0v) is 17.5. The van der Waals surface area contributed by atoms with Crippen molar-refractivity contribution >= 4 is 23.3 Å². The minimum absolute atomic E-state index is 0.0412. The minimum Gasteiger partial charge on any atom is -0.364 e. The number of hydrogen-bond donors (Lipinski definition) is 1. The Morgan fingerprint density at radius 1 is 1.10 bits per heavy atom. The van der Waals surface area contributed by atoms with Crippen molar-refractivity contribution in [1.82, 2.24) is 29.9 Å². The zero-order chi connectivity index (χ0) is 20.8. The first kappa shape index (κ1) is 19.0. The second-order valence-electron chi connectivity index (χ2n) is 8.16. The maximum Gasteiger partial charge on any atom is 0.258 e. The molecule has 1 amide bonds. The molecule has 3 aromatic heterocycles. The number of nitrogens with one attached hydrogen (secondary N) is 1. The van der Waals surface area contributed by atoms with Crippen LogP contribution in [0.5, 0.6) is 0 Å². The molecule has 1 aliphatic carbocycles. The summed E-state index contributed by atoms with van der Waals surface area (Å²) in [5.74, 6) is 1.54. The van der Waals surface area contributed by atoms with Crippen LogP contribution in [0.25, 0.3) is 5.82 Å². The van der Waals surface area contributed by atoms with E-state index in [-0.39, 0.29) is 18.0 Å². The number of aromatic nitrogens is 5. The van der Waals surface area contributed by atoms with E-state index in [4.69, 9.17) is 11.6 Å². The number of fused-ring (bicyclic) bond motifs is 2. The lowest BCUT2D eigenvalue weighted by Crippen LogP contribution is -2.48. The van der Waals surface area contributed by atoms with Crippen LogP contribution in [0, 0.1) is 19.8 Å². The lowest BCUT2D eigenvalue weighted by molar-refractivity contribution is 0.0691. The smallest absolute Gasteiger partial charge is 0.258 e. The van der Waals surface area contributed by atoms with E-state index in [2.05, 4.69) is 25.5 Å². The molecule has 2 fully saturated rings. The Kier molecular flexibility index (Phi) is 4.66. The number of likely N-dealkylation sites (tertiary alicyclic amines) is 1. The van der Waals surface area contributed by atoms with Crippen molar-refractivity contribution in [2.45, 2.75) is 38.8 Å². The molecule has 1 aliphatic heterocycles. The van der Waals surface area contributed by atoms with Gasteiger partial charge >= 0.3 is 0 Å². The molecule has 1 saturated heterocycles. The van der Waals surface area contributed by atoms with Crippen LogP contribution in [-0.4, -0.2) is 54.4 Å². The first-order chi connectivity index (χ1) is 14.5. The van der Waals surface area contributed by atoms with Gasteiger partial charge in [-0.1, -0.05) is 11.6 Å². The van der Waals surface area contributed by atoms with Crippen molar-refractivity contribution in [3.8, 4) is 5.82 Å². The van der Waals surface area contributed by atoms with Gasteiger partial charge in [-0.25, -0.2) is 9.97 Å². The maximum absolute atomic E-state index is 13.6. The lowest BCUT2D eigenvalue weighted by Gasteiger charge is -2.34. The molecule has 154 valence electrons. The number of rotatable bonds is 4. The van der Waals surface area contributed by atoms with Gasteiger partial charge < -0.3 is 10.2 Å². The summed E-state index contributed by atoms with van der Waals surface area (Å²) in [6, 6.07) is 3.96. The molecule has 5 rings (SSSR count). The summed E-state index contributed by atoms with van der Waals surface area (Å²) in [5, 5.41) is 12.4. The summed E-state index contributed by atoms with van der Waals surface area (Å²) in [5.41, 5.74) is 2.45. The average Bonchev–Trinajstić information content (AvgIpc) is 3.46. The summed E-state index contributed by atoms with van der Waals surface area (Å²) in [4.78, 5) is 25.8. The maximum atomic E-state index is 13.6. The second-order valence-corrected chi connectivity index (χ2v) is 8.57. The molecule has 0 spiro atoms. The molecule has 0 radical (unpaired) electrons. The van der Waals surface area contributed by atoms with E-state index in [0.29, 0.717) is 28.1 Å². The van der Waals surface area contributed by atoms with Crippen LogP contribution < -0.4 is 5.32 Å². The molecule has 1 N–H and O–H groups in total. The largest absolute Gasteiger partial charge is 0.364 e. The predicted octanol–water partition coefficient (Wildman–Crippen LogP) is 3.04. The number of anilines is 1. The van der Waals surface area contributed by atoms with E-state index < -0.39 is 0 Å². The molecule has 2 aliphatic rings.